The van der Waals surface area contributed by atoms with Gasteiger partial charge in [0.2, 0.25) is 11.7 Å². The van der Waals surface area contributed by atoms with Crippen molar-refractivity contribution < 1.29 is 13.7 Å². The maximum absolute atomic E-state index is 14.4. The number of primary amides is 1. The van der Waals surface area contributed by atoms with Gasteiger partial charge >= 0.3 is 0 Å². The van der Waals surface area contributed by atoms with Gasteiger partial charge < -0.3 is 16.0 Å². The normalized spacial score (nSPS) is 11.7. The molecule has 160 valence electrons. The number of para-hydroxylation sites is 1. The van der Waals surface area contributed by atoms with Crippen LogP contribution in [0, 0.1) is 5.82 Å². The maximum atomic E-state index is 14.4. The number of halogens is 1. The molecule has 2 heterocycles. The third kappa shape index (κ3) is 4.02. The summed E-state index contributed by atoms with van der Waals surface area (Å²) in [5.41, 5.74) is 13.5. The highest BCUT2D eigenvalue weighted by molar-refractivity contribution is 5.94. The molecule has 0 atom stereocenters. The molecule has 2 aromatic carbocycles. The van der Waals surface area contributed by atoms with Crippen LogP contribution in [0.5, 0.6) is 0 Å². The second kappa shape index (κ2) is 8.66. The van der Waals surface area contributed by atoms with Crippen molar-refractivity contribution in [2.24, 2.45) is 17.3 Å². The van der Waals surface area contributed by atoms with E-state index in [2.05, 4.69) is 15.1 Å². The van der Waals surface area contributed by atoms with Gasteiger partial charge in [0, 0.05) is 29.1 Å². The zero-order chi connectivity index (χ0) is 22.7. The van der Waals surface area contributed by atoms with Crippen LogP contribution >= 0.6 is 0 Å². The molecule has 0 aliphatic heterocycles. The average Bonchev–Trinajstić information content (AvgIpc) is 3.30. The molecule has 10 heteroatoms. The third-order valence-electron chi connectivity index (χ3n) is 4.65. The Hall–Kier alpha value is -4.57. The highest BCUT2D eigenvalue weighted by atomic mass is 19.1. The molecule has 0 aliphatic carbocycles. The van der Waals surface area contributed by atoms with Gasteiger partial charge in [0.15, 0.2) is 0 Å². The predicted molar refractivity (Wildman–Crippen MR) is 117 cm³/mol. The van der Waals surface area contributed by atoms with E-state index in [1.807, 2.05) is 0 Å². The number of benzene rings is 2. The highest BCUT2D eigenvalue weighted by Gasteiger charge is 2.22. The van der Waals surface area contributed by atoms with Crippen LogP contribution in [0.15, 0.2) is 77.6 Å². The molecule has 0 saturated carbocycles. The first-order valence-corrected chi connectivity index (χ1v) is 9.39. The molecule has 6 N–H and O–H groups in total. The number of hydrazine groups is 1. The molecule has 0 radical (unpaired) electrons. The lowest BCUT2D eigenvalue weighted by Gasteiger charge is -2.23. The van der Waals surface area contributed by atoms with Crippen molar-refractivity contribution in [1.29, 1.82) is 0 Å². The number of hydrogen-bond donors (Lipinski definition) is 3. The van der Waals surface area contributed by atoms with Gasteiger partial charge in [-0.05, 0) is 36.4 Å². The molecule has 0 aliphatic rings. The molecule has 0 saturated heterocycles. The zero-order valence-electron chi connectivity index (χ0n) is 16.6. The third-order valence-corrected chi connectivity index (χ3v) is 4.65. The number of amides is 1. The fourth-order valence-electron chi connectivity index (χ4n) is 3.04. The van der Waals surface area contributed by atoms with Crippen LogP contribution < -0.4 is 22.3 Å². The van der Waals surface area contributed by atoms with E-state index in [1.54, 1.807) is 60.9 Å². The SMILES string of the molecule is NC(=O)c1ccc(-c2noc(/C(N)=C(\c3ccncc3)N(N)c3ccccc3F)n2)cc1. The van der Waals surface area contributed by atoms with Gasteiger partial charge in [-0.2, -0.15) is 4.98 Å². The first-order valence-electron chi connectivity index (χ1n) is 9.39. The molecule has 4 aromatic rings. The summed E-state index contributed by atoms with van der Waals surface area (Å²) in [6.07, 6.45) is 3.11. The lowest BCUT2D eigenvalue weighted by molar-refractivity contribution is 0.100. The summed E-state index contributed by atoms with van der Waals surface area (Å²) in [7, 11) is 0. The van der Waals surface area contributed by atoms with Gasteiger partial charge in [0.25, 0.3) is 5.89 Å². The van der Waals surface area contributed by atoms with Crippen molar-refractivity contribution in [1.82, 2.24) is 15.1 Å². The van der Waals surface area contributed by atoms with Crippen LogP contribution in [0.4, 0.5) is 10.1 Å². The Kier molecular flexibility index (Phi) is 5.60. The molecule has 32 heavy (non-hydrogen) atoms. The number of anilines is 1. The van der Waals surface area contributed by atoms with Gasteiger partial charge in [-0.25, -0.2) is 10.2 Å². The van der Waals surface area contributed by atoms with Crippen molar-refractivity contribution >= 4 is 23.0 Å². The second-order valence-electron chi connectivity index (χ2n) is 6.68. The minimum Gasteiger partial charge on any atom is -0.392 e. The maximum Gasteiger partial charge on any atom is 0.276 e. The summed E-state index contributed by atoms with van der Waals surface area (Å²) in [5.74, 6) is 5.42. The fourth-order valence-corrected chi connectivity index (χ4v) is 3.04. The van der Waals surface area contributed by atoms with E-state index < -0.39 is 11.7 Å². The smallest absolute Gasteiger partial charge is 0.276 e. The molecule has 2 aromatic heterocycles. The molecule has 0 fully saturated rings. The van der Waals surface area contributed by atoms with Crippen molar-refractivity contribution in [2.45, 2.75) is 0 Å². The summed E-state index contributed by atoms with van der Waals surface area (Å²) >= 11 is 0. The topological polar surface area (TPSA) is 150 Å². The van der Waals surface area contributed by atoms with Crippen LogP contribution in [0.1, 0.15) is 21.8 Å². The lowest BCUT2D eigenvalue weighted by Crippen LogP contribution is -2.32. The van der Waals surface area contributed by atoms with Crippen LogP contribution in [-0.4, -0.2) is 21.0 Å². The van der Waals surface area contributed by atoms with Gasteiger partial charge in [-0.15, -0.1) is 0 Å². The zero-order valence-corrected chi connectivity index (χ0v) is 16.6. The predicted octanol–water partition coefficient (Wildman–Crippen LogP) is 2.53. The molecule has 0 spiro atoms. The fraction of sp³-hybridized carbons (Fsp3) is 0. The summed E-state index contributed by atoms with van der Waals surface area (Å²) in [6.45, 7) is 0. The second-order valence-corrected chi connectivity index (χ2v) is 6.68. The van der Waals surface area contributed by atoms with E-state index in [0.717, 1.165) is 5.01 Å². The monoisotopic (exact) mass is 431 g/mol. The molecule has 1 amide bonds. The van der Waals surface area contributed by atoms with E-state index in [1.165, 1.54) is 12.1 Å². The Morgan fingerprint density at radius 2 is 1.62 bits per heavy atom. The summed E-state index contributed by atoms with van der Waals surface area (Å²) in [6, 6.07) is 15.7. The van der Waals surface area contributed by atoms with E-state index >= 15 is 0 Å². The molecule has 0 unspecified atom stereocenters. The van der Waals surface area contributed by atoms with Crippen LogP contribution in [0.25, 0.3) is 22.8 Å². The highest BCUT2D eigenvalue weighted by Crippen LogP contribution is 2.30. The van der Waals surface area contributed by atoms with E-state index in [0.29, 0.717) is 16.7 Å². The van der Waals surface area contributed by atoms with Crippen molar-refractivity contribution in [3.8, 4) is 11.4 Å². The number of pyridine rings is 1. The first-order chi connectivity index (χ1) is 15.5. The Morgan fingerprint density at radius 1 is 0.938 bits per heavy atom. The van der Waals surface area contributed by atoms with Crippen molar-refractivity contribution in [3.05, 3.63) is 95.9 Å². The lowest BCUT2D eigenvalue weighted by atomic mass is 10.1. The molecule has 0 bridgehead atoms. The summed E-state index contributed by atoms with van der Waals surface area (Å²) in [4.78, 5) is 19.6. The molecule has 9 nitrogen and oxygen atoms in total. The molecule has 4 rings (SSSR count). The number of aromatic nitrogens is 3. The molecular formula is C22H18FN7O2. The number of carbonyl (C=O) groups is 1. The summed E-state index contributed by atoms with van der Waals surface area (Å²) in [5, 5.41) is 5.06. The Labute approximate surface area is 181 Å². The number of rotatable bonds is 6. The largest absolute Gasteiger partial charge is 0.392 e. The Morgan fingerprint density at radius 3 is 2.28 bits per heavy atom. The van der Waals surface area contributed by atoms with Gasteiger partial charge in [-0.1, -0.05) is 29.4 Å². The standard InChI is InChI=1S/C22H18FN7O2/c23-16-3-1-2-4-17(16)30(26)19(13-9-11-27-12-10-13)18(24)22-28-21(29-32-22)15-7-5-14(6-8-15)20(25)31/h1-12H,24,26H2,(H2,25,31)/b19-18-. The number of carbonyl (C=O) groups excluding carboxylic acids is 1. The van der Waals surface area contributed by atoms with Crippen molar-refractivity contribution in [2.75, 3.05) is 5.01 Å². The van der Waals surface area contributed by atoms with Gasteiger partial charge in [0.1, 0.15) is 11.5 Å². The number of nitrogens with zero attached hydrogens (tertiary/aromatic N) is 4. The van der Waals surface area contributed by atoms with Gasteiger partial charge in [-0.3, -0.25) is 14.8 Å². The quantitative estimate of drug-likeness (QED) is 0.311. The minimum absolute atomic E-state index is 0.0161. The van der Waals surface area contributed by atoms with Crippen molar-refractivity contribution in [3.63, 3.8) is 0 Å². The van der Waals surface area contributed by atoms with Crippen LogP contribution in [-0.2, 0) is 0 Å². The Balaban J connectivity index is 1.78. The molecular weight excluding hydrogens is 413 g/mol. The number of hydrogen-bond acceptors (Lipinski definition) is 8. The minimum atomic E-state index is -0.546. The average molecular weight is 431 g/mol. The van der Waals surface area contributed by atoms with E-state index in [9.17, 15) is 9.18 Å². The Bertz CT molecular complexity index is 1290. The van der Waals surface area contributed by atoms with Crippen LogP contribution in [0.2, 0.25) is 0 Å². The first kappa shape index (κ1) is 20.7. The van der Waals surface area contributed by atoms with E-state index in [-0.39, 0.29) is 28.8 Å². The summed E-state index contributed by atoms with van der Waals surface area (Å²) < 4.78 is 19.8. The van der Waals surface area contributed by atoms with E-state index in [4.69, 9.17) is 21.8 Å². The number of nitrogens with two attached hydrogens (primary N) is 3. The van der Waals surface area contributed by atoms with Gasteiger partial charge in [0.05, 0.1) is 11.4 Å². The van der Waals surface area contributed by atoms with Crippen LogP contribution in [0.3, 0.4) is 0 Å².